The van der Waals surface area contributed by atoms with E-state index in [0.717, 1.165) is 38.0 Å². The number of urea groups is 1. The van der Waals surface area contributed by atoms with E-state index < -0.39 is 5.54 Å². The number of amides is 3. The third-order valence-electron chi connectivity index (χ3n) is 6.13. The van der Waals surface area contributed by atoms with Crippen molar-refractivity contribution >= 4 is 11.9 Å². The zero-order valence-electron chi connectivity index (χ0n) is 16.8. The van der Waals surface area contributed by atoms with Crippen LogP contribution in [0, 0.1) is 12.8 Å². The molecule has 146 valence electrons. The first-order valence-electron chi connectivity index (χ1n) is 9.92. The van der Waals surface area contributed by atoms with Gasteiger partial charge in [0.2, 0.25) is 0 Å². The summed E-state index contributed by atoms with van der Waals surface area (Å²) in [5, 5.41) is 3.04. The van der Waals surface area contributed by atoms with E-state index in [-0.39, 0.29) is 17.9 Å². The Balaban J connectivity index is 1.67. The summed E-state index contributed by atoms with van der Waals surface area (Å²) in [4.78, 5) is 29.3. The van der Waals surface area contributed by atoms with Gasteiger partial charge in [-0.3, -0.25) is 14.6 Å². The fraction of sp³-hybridized carbons (Fsp3) is 0.545. The highest BCUT2D eigenvalue weighted by molar-refractivity contribution is 6.07. The van der Waals surface area contributed by atoms with Crippen LogP contribution in [0.4, 0.5) is 4.79 Å². The van der Waals surface area contributed by atoms with Gasteiger partial charge in [0, 0.05) is 6.54 Å². The molecule has 5 heteroatoms. The van der Waals surface area contributed by atoms with Crippen molar-refractivity contribution < 1.29 is 9.59 Å². The molecule has 0 saturated carbocycles. The van der Waals surface area contributed by atoms with Crippen molar-refractivity contribution in [3.05, 3.63) is 47.5 Å². The molecule has 2 aliphatic rings. The highest BCUT2D eigenvalue weighted by atomic mass is 16.2. The molecule has 1 atom stereocenters. The maximum atomic E-state index is 13.1. The molecule has 0 bridgehead atoms. The molecule has 0 aromatic heterocycles. The van der Waals surface area contributed by atoms with Gasteiger partial charge >= 0.3 is 6.03 Å². The van der Waals surface area contributed by atoms with Crippen molar-refractivity contribution in [2.45, 2.75) is 52.1 Å². The lowest BCUT2D eigenvalue weighted by molar-refractivity contribution is -0.134. The molecule has 3 rings (SSSR count). The summed E-state index contributed by atoms with van der Waals surface area (Å²) in [7, 11) is 0. The zero-order chi connectivity index (χ0) is 19.6. The number of hydrogen-bond donors (Lipinski definition) is 1. The number of likely N-dealkylation sites (tertiary alicyclic amines) is 1. The molecule has 5 nitrogen and oxygen atoms in total. The van der Waals surface area contributed by atoms with Gasteiger partial charge in [-0.05, 0) is 63.2 Å². The average molecular weight is 370 g/mol. The summed E-state index contributed by atoms with van der Waals surface area (Å²) in [6.45, 7) is 13.0. The quantitative estimate of drug-likeness (QED) is 0.617. The van der Waals surface area contributed by atoms with Crippen LogP contribution in [0.15, 0.2) is 36.4 Å². The molecule has 3 amide bonds. The SMILES string of the molecule is C=C(C)CN1C(=O)NC(CC)(C2CCN(Cc3ccccc3C)CC2)C1=O. The van der Waals surface area contributed by atoms with Crippen LogP contribution in [0.2, 0.25) is 0 Å². The van der Waals surface area contributed by atoms with E-state index in [0.29, 0.717) is 13.0 Å². The maximum Gasteiger partial charge on any atom is 0.325 e. The standard InChI is InChI=1S/C22H31N3O2/c1-5-22(20(26)25(14-16(2)3)21(27)23-22)19-10-12-24(13-11-19)15-18-9-7-6-8-17(18)4/h6-9,19H,2,5,10-15H2,1,3-4H3,(H,23,27). The summed E-state index contributed by atoms with van der Waals surface area (Å²) < 4.78 is 0. The molecule has 0 aliphatic carbocycles. The Hall–Kier alpha value is -2.14. The lowest BCUT2D eigenvalue weighted by Gasteiger charge is -2.40. The van der Waals surface area contributed by atoms with Crippen LogP contribution < -0.4 is 5.32 Å². The minimum absolute atomic E-state index is 0.0737. The molecule has 1 aromatic carbocycles. The molecular weight excluding hydrogens is 338 g/mol. The van der Waals surface area contributed by atoms with Gasteiger partial charge in [0.25, 0.3) is 5.91 Å². The summed E-state index contributed by atoms with van der Waals surface area (Å²) in [6.07, 6.45) is 2.48. The van der Waals surface area contributed by atoms with Crippen LogP contribution >= 0.6 is 0 Å². The molecule has 0 spiro atoms. The second-order valence-corrected chi connectivity index (χ2v) is 8.08. The Morgan fingerprint density at radius 3 is 2.52 bits per heavy atom. The highest BCUT2D eigenvalue weighted by Gasteiger charge is 2.54. The minimum atomic E-state index is -0.749. The second-order valence-electron chi connectivity index (χ2n) is 8.08. The lowest BCUT2D eigenvalue weighted by Crippen LogP contribution is -2.55. The number of imide groups is 1. The van der Waals surface area contributed by atoms with Gasteiger partial charge in [-0.25, -0.2) is 4.79 Å². The fourth-order valence-electron chi connectivity index (χ4n) is 4.48. The van der Waals surface area contributed by atoms with Crippen LogP contribution in [0.1, 0.15) is 44.2 Å². The molecule has 2 aliphatic heterocycles. The van der Waals surface area contributed by atoms with Crippen LogP contribution in [0.3, 0.4) is 0 Å². The predicted molar refractivity (Wildman–Crippen MR) is 107 cm³/mol. The second kappa shape index (κ2) is 7.85. The zero-order valence-corrected chi connectivity index (χ0v) is 16.8. The smallest absolute Gasteiger partial charge is 0.323 e. The number of benzene rings is 1. The minimum Gasteiger partial charge on any atom is -0.323 e. The summed E-state index contributed by atoms with van der Waals surface area (Å²) in [5.41, 5.74) is 2.75. The van der Waals surface area contributed by atoms with Crippen molar-refractivity contribution in [3.8, 4) is 0 Å². The van der Waals surface area contributed by atoms with Crippen molar-refractivity contribution in [1.29, 1.82) is 0 Å². The van der Waals surface area contributed by atoms with Gasteiger partial charge in [0.05, 0.1) is 6.54 Å². The predicted octanol–water partition coefficient (Wildman–Crippen LogP) is 3.48. The van der Waals surface area contributed by atoms with Gasteiger partial charge in [-0.15, -0.1) is 0 Å². The Bertz CT molecular complexity index is 737. The van der Waals surface area contributed by atoms with Gasteiger partial charge in [-0.2, -0.15) is 0 Å². The highest BCUT2D eigenvalue weighted by Crippen LogP contribution is 2.36. The monoisotopic (exact) mass is 369 g/mol. The molecule has 2 saturated heterocycles. The van der Waals surface area contributed by atoms with Crippen molar-refractivity contribution in [2.24, 2.45) is 5.92 Å². The number of nitrogens with one attached hydrogen (secondary N) is 1. The number of nitrogens with zero attached hydrogens (tertiary/aromatic N) is 2. The van der Waals surface area contributed by atoms with E-state index in [1.807, 2.05) is 13.8 Å². The third kappa shape index (κ3) is 3.79. The maximum absolute atomic E-state index is 13.1. The Labute approximate surface area is 162 Å². The largest absolute Gasteiger partial charge is 0.325 e. The molecule has 2 fully saturated rings. The molecule has 27 heavy (non-hydrogen) atoms. The normalized spacial score (nSPS) is 24.3. The number of carbonyl (C=O) groups is 2. The average Bonchev–Trinajstić information content (AvgIpc) is 2.89. The molecule has 1 N–H and O–H groups in total. The van der Waals surface area contributed by atoms with Crippen LogP contribution in [0.5, 0.6) is 0 Å². The topological polar surface area (TPSA) is 52.7 Å². The summed E-state index contributed by atoms with van der Waals surface area (Å²) in [5.74, 6) is 0.109. The van der Waals surface area contributed by atoms with E-state index in [1.165, 1.54) is 16.0 Å². The van der Waals surface area contributed by atoms with E-state index in [4.69, 9.17) is 0 Å². The Kier molecular flexibility index (Phi) is 5.70. The molecule has 1 unspecified atom stereocenters. The van der Waals surface area contributed by atoms with Crippen molar-refractivity contribution in [1.82, 2.24) is 15.1 Å². The first-order chi connectivity index (χ1) is 12.9. The van der Waals surface area contributed by atoms with E-state index in [2.05, 4.69) is 48.0 Å². The summed E-state index contributed by atoms with van der Waals surface area (Å²) in [6, 6.07) is 8.22. The molecular formula is C22H31N3O2. The van der Waals surface area contributed by atoms with Gasteiger partial charge in [-0.1, -0.05) is 43.3 Å². The first-order valence-corrected chi connectivity index (χ1v) is 9.92. The number of carbonyl (C=O) groups excluding carboxylic acids is 2. The number of rotatable bonds is 6. The van der Waals surface area contributed by atoms with Crippen molar-refractivity contribution in [2.75, 3.05) is 19.6 Å². The molecule has 2 heterocycles. The van der Waals surface area contributed by atoms with Crippen LogP contribution in [-0.4, -0.2) is 46.9 Å². The van der Waals surface area contributed by atoms with Crippen LogP contribution in [-0.2, 0) is 11.3 Å². The third-order valence-corrected chi connectivity index (χ3v) is 6.13. The van der Waals surface area contributed by atoms with Gasteiger partial charge in [0.15, 0.2) is 0 Å². The van der Waals surface area contributed by atoms with Crippen LogP contribution in [0.25, 0.3) is 0 Å². The summed E-state index contributed by atoms with van der Waals surface area (Å²) >= 11 is 0. The Morgan fingerprint density at radius 2 is 1.93 bits per heavy atom. The van der Waals surface area contributed by atoms with Gasteiger partial charge in [0.1, 0.15) is 5.54 Å². The van der Waals surface area contributed by atoms with E-state index in [1.54, 1.807) is 0 Å². The molecule has 1 aromatic rings. The number of piperidine rings is 1. The first kappa shape index (κ1) is 19.6. The van der Waals surface area contributed by atoms with Gasteiger partial charge < -0.3 is 5.32 Å². The molecule has 0 radical (unpaired) electrons. The Morgan fingerprint density at radius 1 is 1.26 bits per heavy atom. The van der Waals surface area contributed by atoms with E-state index in [9.17, 15) is 9.59 Å². The number of aryl methyl sites for hydroxylation is 1. The van der Waals surface area contributed by atoms with E-state index >= 15 is 0 Å². The fourth-order valence-corrected chi connectivity index (χ4v) is 4.48. The number of hydrogen-bond acceptors (Lipinski definition) is 3. The van der Waals surface area contributed by atoms with Crippen molar-refractivity contribution in [3.63, 3.8) is 0 Å². The lowest BCUT2D eigenvalue weighted by atomic mass is 9.75.